The van der Waals surface area contributed by atoms with Gasteiger partial charge in [0.2, 0.25) is 0 Å². The van der Waals surface area contributed by atoms with Gasteiger partial charge in [0.15, 0.2) is 6.29 Å². The Balaban J connectivity index is 2.83. The molecule has 1 rings (SSSR count). The Morgan fingerprint density at radius 2 is 2.13 bits per heavy atom. The molecule has 1 aromatic rings. The second kappa shape index (κ2) is 5.35. The maximum Gasteiger partial charge on any atom is 0.153 e. The van der Waals surface area contributed by atoms with Crippen molar-refractivity contribution in [2.24, 2.45) is 0 Å². The van der Waals surface area contributed by atoms with Crippen molar-refractivity contribution >= 4 is 6.29 Å². The summed E-state index contributed by atoms with van der Waals surface area (Å²) >= 11 is 0. The van der Waals surface area contributed by atoms with Crippen molar-refractivity contribution in [3.05, 3.63) is 41.0 Å². The van der Waals surface area contributed by atoms with E-state index in [0.29, 0.717) is 17.9 Å². The van der Waals surface area contributed by atoms with Crippen molar-refractivity contribution in [3.63, 3.8) is 0 Å². The molecule has 0 N–H and O–H groups in total. The van der Waals surface area contributed by atoms with Gasteiger partial charge in [0.05, 0.1) is 5.56 Å². The first-order valence-electron chi connectivity index (χ1n) is 4.96. The fourth-order valence-electron chi connectivity index (χ4n) is 1.26. The molecule has 0 aromatic heterocycles. The molecule has 0 aliphatic carbocycles. The van der Waals surface area contributed by atoms with Crippen LogP contribution >= 0.6 is 0 Å². The Bertz CT molecular complexity index is 374. The molecule has 0 spiro atoms. The molecule has 80 valence electrons. The number of ether oxygens (including phenoxy) is 1. The zero-order chi connectivity index (χ0) is 11.3. The number of benzene rings is 1. The molecule has 2 nitrogen and oxygen atoms in total. The number of aldehydes is 1. The number of aryl methyl sites for hydroxylation is 1. The average Bonchev–Trinajstić information content (AvgIpc) is 2.20. The van der Waals surface area contributed by atoms with E-state index >= 15 is 0 Å². The molecule has 0 heterocycles. The van der Waals surface area contributed by atoms with Crippen molar-refractivity contribution in [2.75, 3.05) is 6.61 Å². The predicted octanol–water partition coefficient (Wildman–Crippen LogP) is 3.15. The van der Waals surface area contributed by atoms with Gasteiger partial charge < -0.3 is 4.74 Å². The third kappa shape index (κ3) is 3.24. The first-order chi connectivity index (χ1) is 7.15. The van der Waals surface area contributed by atoms with Gasteiger partial charge >= 0.3 is 0 Å². The van der Waals surface area contributed by atoms with Crippen molar-refractivity contribution in [1.82, 2.24) is 0 Å². The van der Waals surface area contributed by atoms with E-state index < -0.39 is 0 Å². The summed E-state index contributed by atoms with van der Waals surface area (Å²) < 4.78 is 5.56. The van der Waals surface area contributed by atoms with Crippen LogP contribution in [0.5, 0.6) is 5.75 Å². The lowest BCUT2D eigenvalue weighted by atomic mass is 10.1. The SMILES string of the molecule is CC(C)=CCOc1c(C)cccc1C=O. The van der Waals surface area contributed by atoms with Crippen LogP contribution in [0.4, 0.5) is 0 Å². The summed E-state index contributed by atoms with van der Waals surface area (Å²) in [6.45, 7) is 6.47. The van der Waals surface area contributed by atoms with Crippen molar-refractivity contribution in [3.8, 4) is 5.75 Å². The molecule has 0 bridgehead atoms. The number of allylic oxidation sites excluding steroid dienone is 1. The first-order valence-corrected chi connectivity index (χ1v) is 4.96. The van der Waals surface area contributed by atoms with Crippen LogP contribution in [0.2, 0.25) is 0 Å². The third-order valence-corrected chi connectivity index (χ3v) is 2.09. The number of carbonyl (C=O) groups excluding carboxylic acids is 1. The smallest absolute Gasteiger partial charge is 0.153 e. The summed E-state index contributed by atoms with van der Waals surface area (Å²) in [5, 5.41) is 0. The van der Waals surface area contributed by atoms with Crippen molar-refractivity contribution in [2.45, 2.75) is 20.8 Å². The Hall–Kier alpha value is -1.57. The van der Waals surface area contributed by atoms with Gasteiger partial charge in [0, 0.05) is 0 Å². The van der Waals surface area contributed by atoms with E-state index in [9.17, 15) is 4.79 Å². The number of carbonyl (C=O) groups is 1. The summed E-state index contributed by atoms with van der Waals surface area (Å²) in [6, 6.07) is 5.55. The average molecular weight is 204 g/mol. The van der Waals surface area contributed by atoms with Gasteiger partial charge in [-0.2, -0.15) is 0 Å². The highest BCUT2D eigenvalue weighted by Crippen LogP contribution is 2.21. The molecule has 0 saturated carbocycles. The minimum atomic E-state index is 0.508. The maximum absolute atomic E-state index is 10.8. The number of rotatable bonds is 4. The van der Waals surface area contributed by atoms with Crippen LogP contribution in [0.15, 0.2) is 29.8 Å². The summed E-state index contributed by atoms with van der Waals surface area (Å²) in [4.78, 5) is 10.8. The highest BCUT2D eigenvalue weighted by molar-refractivity contribution is 5.80. The Morgan fingerprint density at radius 1 is 1.40 bits per heavy atom. The molecule has 0 amide bonds. The fourth-order valence-corrected chi connectivity index (χ4v) is 1.26. The van der Waals surface area contributed by atoms with E-state index in [4.69, 9.17) is 4.74 Å². The molecule has 0 fully saturated rings. The first kappa shape index (κ1) is 11.5. The number of hydrogen-bond donors (Lipinski definition) is 0. The van der Waals surface area contributed by atoms with E-state index in [-0.39, 0.29) is 0 Å². The van der Waals surface area contributed by atoms with Crippen LogP contribution in [-0.4, -0.2) is 12.9 Å². The van der Waals surface area contributed by atoms with Gasteiger partial charge in [-0.25, -0.2) is 0 Å². The molecular weight excluding hydrogens is 188 g/mol. The van der Waals surface area contributed by atoms with Crippen molar-refractivity contribution < 1.29 is 9.53 Å². The molecule has 0 unspecified atom stereocenters. The summed E-state index contributed by atoms with van der Waals surface area (Å²) in [5.74, 6) is 0.685. The molecule has 0 aliphatic rings. The van der Waals surface area contributed by atoms with Gasteiger partial charge in [-0.3, -0.25) is 4.79 Å². The maximum atomic E-state index is 10.8. The quantitative estimate of drug-likeness (QED) is 0.556. The molecule has 0 atom stereocenters. The second-order valence-electron chi connectivity index (χ2n) is 3.70. The minimum Gasteiger partial charge on any atom is -0.489 e. The highest BCUT2D eigenvalue weighted by atomic mass is 16.5. The van der Waals surface area contributed by atoms with Crippen LogP contribution in [0, 0.1) is 6.92 Å². The Labute approximate surface area is 90.6 Å². The number of hydrogen-bond acceptors (Lipinski definition) is 2. The van der Waals surface area contributed by atoms with E-state index in [1.165, 1.54) is 5.57 Å². The molecular formula is C13H16O2. The zero-order valence-corrected chi connectivity index (χ0v) is 9.41. The Kier molecular flexibility index (Phi) is 4.10. The van der Waals surface area contributed by atoms with Crippen LogP contribution < -0.4 is 4.74 Å². The fraction of sp³-hybridized carbons (Fsp3) is 0.308. The third-order valence-electron chi connectivity index (χ3n) is 2.09. The van der Waals surface area contributed by atoms with Gasteiger partial charge in [-0.1, -0.05) is 17.7 Å². The van der Waals surface area contributed by atoms with E-state index in [1.54, 1.807) is 6.07 Å². The summed E-state index contributed by atoms with van der Waals surface area (Å²) in [6.07, 6.45) is 2.81. The van der Waals surface area contributed by atoms with Crippen LogP contribution in [0.25, 0.3) is 0 Å². The minimum absolute atomic E-state index is 0.508. The van der Waals surface area contributed by atoms with Gasteiger partial charge in [0.25, 0.3) is 0 Å². The monoisotopic (exact) mass is 204 g/mol. The lowest BCUT2D eigenvalue weighted by Gasteiger charge is -2.09. The molecule has 0 aliphatic heterocycles. The van der Waals surface area contributed by atoms with Gasteiger partial charge in [-0.05, 0) is 38.5 Å². The predicted molar refractivity (Wildman–Crippen MR) is 61.5 cm³/mol. The molecule has 15 heavy (non-hydrogen) atoms. The lowest BCUT2D eigenvalue weighted by Crippen LogP contribution is -1.99. The van der Waals surface area contributed by atoms with Crippen LogP contribution in [-0.2, 0) is 0 Å². The summed E-state index contributed by atoms with van der Waals surface area (Å²) in [5.41, 5.74) is 2.80. The van der Waals surface area contributed by atoms with Crippen molar-refractivity contribution in [1.29, 1.82) is 0 Å². The normalized spacial score (nSPS) is 9.53. The molecule has 1 aromatic carbocycles. The van der Waals surface area contributed by atoms with E-state index in [2.05, 4.69) is 0 Å². The van der Waals surface area contributed by atoms with Gasteiger partial charge in [0.1, 0.15) is 12.4 Å². The molecule has 0 saturated heterocycles. The summed E-state index contributed by atoms with van der Waals surface area (Å²) in [7, 11) is 0. The van der Waals surface area contributed by atoms with Gasteiger partial charge in [-0.15, -0.1) is 0 Å². The highest BCUT2D eigenvalue weighted by Gasteiger charge is 2.04. The molecule has 2 heteroatoms. The van der Waals surface area contributed by atoms with E-state index in [0.717, 1.165) is 11.8 Å². The topological polar surface area (TPSA) is 26.3 Å². The largest absolute Gasteiger partial charge is 0.489 e. The van der Waals surface area contributed by atoms with E-state index in [1.807, 2.05) is 39.0 Å². The van der Waals surface area contributed by atoms with Crippen LogP contribution in [0.3, 0.4) is 0 Å². The second-order valence-corrected chi connectivity index (χ2v) is 3.70. The lowest BCUT2D eigenvalue weighted by molar-refractivity contribution is 0.112. The molecule has 0 radical (unpaired) electrons. The zero-order valence-electron chi connectivity index (χ0n) is 9.41. The standard InChI is InChI=1S/C13H16O2/c1-10(2)7-8-15-13-11(3)5-4-6-12(13)9-14/h4-7,9H,8H2,1-3H3. The number of para-hydroxylation sites is 1. The Morgan fingerprint density at radius 3 is 2.73 bits per heavy atom. The van der Waals surface area contributed by atoms with Crippen LogP contribution in [0.1, 0.15) is 29.8 Å².